The fourth-order valence-corrected chi connectivity index (χ4v) is 2.28. The van der Waals surface area contributed by atoms with E-state index >= 15 is 0 Å². The van der Waals surface area contributed by atoms with Gasteiger partial charge in [0.15, 0.2) is 0 Å². The third-order valence-electron chi connectivity index (χ3n) is 3.44. The first-order chi connectivity index (χ1) is 11.6. The summed E-state index contributed by atoms with van der Waals surface area (Å²) in [5, 5.41) is 22.4. The van der Waals surface area contributed by atoms with Crippen LogP contribution in [0.1, 0.15) is 18.4 Å². The lowest BCUT2D eigenvalue weighted by molar-refractivity contribution is -0.307. The maximum atomic E-state index is 12.1. The molecule has 0 unspecified atom stereocenters. The van der Waals surface area contributed by atoms with Crippen LogP contribution in [0.15, 0.2) is 29.8 Å². The van der Waals surface area contributed by atoms with Crippen LogP contribution in [0.4, 0.5) is 0 Å². The van der Waals surface area contributed by atoms with Gasteiger partial charge in [-0.15, -0.1) is 0 Å². The third-order valence-corrected chi connectivity index (χ3v) is 3.44. The number of nitriles is 1. The third kappa shape index (κ3) is 5.11. The number of hydrogen-bond donors (Lipinski definition) is 1. The molecule has 2 rings (SSSR count). The van der Waals surface area contributed by atoms with E-state index in [4.69, 9.17) is 9.47 Å². The Kier molecular flexibility index (Phi) is 6.34. The van der Waals surface area contributed by atoms with E-state index in [2.05, 4.69) is 5.32 Å². The van der Waals surface area contributed by atoms with E-state index in [0.29, 0.717) is 18.7 Å². The molecular formula is C17H17N2O5-. The molecule has 126 valence electrons. The predicted octanol–water partition coefficient (Wildman–Crippen LogP) is 0.0175. The first kappa shape index (κ1) is 17.5. The van der Waals surface area contributed by atoms with Crippen molar-refractivity contribution in [2.24, 2.45) is 0 Å². The Morgan fingerprint density at radius 1 is 1.46 bits per heavy atom. The van der Waals surface area contributed by atoms with Gasteiger partial charge in [0.2, 0.25) is 0 Å². The number of amides is 1. The van der Waals surface area contributed by atoms with Crippen LogP contribution in [0.2, 0.25) is 0 Å². The van der Waals surface area contributed by atoms with Crippen LogP contribution >= 0.6 is 0 Å². The number of carboxylic acid groups (broad SMARTS) is 1. The van der Waals surface area contributed by atoms with Gasteiger partial charge in [0.25, 0.3) is 5.91 Å². The monoisotopic (exact) mass is 329 g/mol. The zero-order valence-corrected chi connectivity index (χ0v) is 13.0. The summed E-state index contributed by atoms with van der Waals surface area (Å²) in [6, 6.07) is 8.36. The maximum absolute atomic E-state index is 12.1. The second kappa shape index (κ2) is 8.70. The molecule has 1 saturated heterocycles. The van der Waals surface area contributed by atoms with Gasteiger partial charge in [-0.3, -0.25) is 4.79 Å². The van der Waals surface area contributed by atoms with E-state index in [0.717, 1.165) is 12.8 Å². The molecule has 1 amide bonds. The highest BCUT2D eigenvalue weighted by atomic mass is 16.5. The van der Waals surface area contributed by atoms with Crippen molar-refractivity contribution < 1.29 is 24.2 Å². The lowest BCUT2D eigenvalue weighted by atomic mass is 10.1. The van der Waals surface area contributed by atoms with Crippen molar-refractivity contribution in [1.29, 1.82) is 5.26 Å². The van der Waals surface area contributed by atoms with Crippen LogP contribution < -0.4 is 15.2 Å². The molecule has 7 heteroatoms. The second-order valence-electron chi connectivity index (χ2n) is 5.21. The van der Waals surface area contributed by atoms with Crippen molar-refractivity contribution in [2.75, 3.05) is 19.8 Å². The van der Waals surface area contributed by atoms with Gasteiger partial charge in [-0.2, -0.15) is 5.26 Å². The number of nitrogens with one attached hydrogen (secondary N) is 1. The lowest BCUT2D eigenvalue weighted by Crippen LogP contribution is -2.32. The highest BCUT2D eigenvalue weighted by Crippen LogP contribution is 2.21. The largest absolute Gasteiger partial charge is 0.546 e. The Morgan fingerprint density at radius 2 is 2.25 bits per heavy atom. The van der Waals surface area contributed by atoms with E-state index in [1.807, 2.05) is 6.07 Å². The number of carbonyl (C=O) groups excluding carboxylic acids is 2. The molecular weight excluding hydrogens is 312 g/mol. The zero-order valence-electron chi connectivity index (χ0n) is 13.0. The summed E-state index contributed by atoms with van der Waals surface area (Å²) in [5.74, 6) is -1.62. The van der Waals surface area contributed by atoms with Crippen molar-refractivity contribution in [3.8, 4) is 11.8 Å². The summed E-state index contributed by atoms with van der Waals surface area (Å²) in [6.45, 7) is 0.420. The fourth-order valence-electron chi connectivity index (χ4n) is 2.28. The molecule has 0 bridgehead atoms. The molecule has 1 aromatic rings. The molecule has 1 heterocycles. The fraction of sp³-hybridized carbons (Fsp3) is 0.353. The molecule has 0 spiro atoms. The Bertz CT molecular complexity index is 672. The maximum Gasteiger partial charge on any atom is 0.262 e. The Balaban J connectivity index is 2.07. The molecule has 1 N–H and O–H groups in total. The summed E-state index contributed by atoms with van der Waals surface area (Å²) in [4.78, 5) is 22.6. The molecule has 1 aliphatic rings. The summed E-state index contributed by atoms with van der Waals surface area (Å²) in [6.07, 6.45) is 3.18. The normalized spacial score (nSPS) is 17.1. The minimum atomic E-state index is -1.36. The van der Waals surface area contributed by atoms with Crippen molar-refractivity contribution in [2.45, 2.75) is 18.9 Å². The molecule has 0 aliphatic carbocycles. The minimum Gasteiger partial charge on any atom is -0.546 e. The van der Waals surface area contributed by atoms with Crippen LogP contribution in [0.25, 0.3) is 6.08 Å². The minimum absolute atomic E-state index is 0.0208. The average Bonchev–Trinajstić information content (AvgIpc) is 3.10. The standard InChI is InChI=1S/C17H18N2O5/c18-9-13(17(22)19-10-14-5-3-7-23-14)8-12-4-1-2-6-15(12)24-11-16(20)21/h1-2,4,6,8,14H,3,5,7,10-11H2,(H,19,22)(H,20,21)/p-1/b13-8+/t14-/m0/s1. The van der Waals surface area contributed by atoms with Crippen molar-refractivity contribution in [1.82, 2.24) is 5.32 Å². The van der Waals surface area contributed by atoms with Gasteiger partial charge >= 0.3 is 0 Å². The topological polar surface area (TPSA) is 111 Å². The van der Waals surface area contributed by atoms with Crippen LogP contribution in [0.3, 0.4) is 0 Å². The van der Waals surface area contributed by atoms with Gasteiger partial charge in [-0.05, 0) is 25.0 Å². The molecule has 1 atom stereocenters. The number of carbonyl (C=O) groups is 2. The predicted molar refractivity (Wildman–Crippen MR) is 82.5 cm³/mol. The number of benzene rings is 1. The summed E-state index contributed by atoms with van der Waals surface area (Å²) >= 11 is 0. The van der Waals surface area contributed by atoms with Crippen molar-refractivity contribution in [3.63, 3.8) is 0 Å². The number of rotatable bonds is 7. The molecule has 0 radical (unpaired) electrons. The van der Waals surface area contributed by atoms with Crippen LogP contribution in [0, 0.1) is 11.3 Å². The first-order valence-corrected chi connectivity index (χ1v) is 7.53. The van der Waals surface area contributed by atoms with E-state index < -0.39 is 18.5 Å². The van der Waals surface area contributed by atoms with E-state index in [1.165, 1.54) is 6.08 Å². The van der Waals surface area contributed by atoms with Gasteiger partial charge in [0, 0.05) is 18.7 Å². The van der Waals surface area contributed by atoms with Gasteiger partial charge in [0.05, 0.1) is 12.1 Å². The highest BCUT2D eigenvalue weighted by Gasteiger charge is 2.17. The van der Waals surface area contributed by atoms with Crippen LogP contribution in [-0.4, -0.2) is 37.7 Å². The summed E-state index contributed by atoms with van der Waals surface area (Å²) < 4.78 is 10.5. The molecule has 24 heavy (non-hydrogen) atoms. The zero-order chi connectivity index (χ0) is 17.4. The molecule has 7 nitrogen and oxygen atoms in total. The number of aliphatic carboxylic acids is 1. The van der Waals surface area contributed by atoms with Gasteiger partial charge in [-0.25, -0.2) is 0 Å². The number of hydrogen-bond acceptors (Lipinski definition) is 6. The highest BCUT2D eigenvalue weighted by molar-refractivity contribution is 6.02. The van der Waals surface area contributed by atoms with Crippen LogP contribution in [0.5, 0.6) is 5.75 Å². The lowest BCUT2D eigenvalue weighted by Gasteiger charge is -2.11. The molecule has 1 aromatic carbocycles. The number of carboxylic acids is 1. The van der Waals surface area contributed by atoms with Crippen LogP contribution in [-0.2, 0) is 14.3 Å². The Hall–Kier alpha value is -2.85. The number of para-hydroxylation sites is 1. The van der Waals surface area contributed by atoms with Crippen molar-refractivity contribution >= 4 is 18.0 Å². The molecule has 0 aromatic heterocycles. The Morgan fingerprint density at radius 3 is 2.92 bits per heavy atom. The van der Waals surface area contributed by atoms with Crippen molar-refractivity contribution in [3.05, 3.63) is 35.4 Å². The average molecular weight is 329 g/mol. The summed E-state index contributed by atoms with van der Waals surface area (Å²) in [5.41, 5.74) is 0.333. The molecule has 1 fully saturated rings. The SMILES string of the molecule is N#C/C(=C\c1ccccc1OCC(=O)[O-])C(=O)NC[C@@H]1CCCO1. The molecule has 0 saturated carbocycles. The second-order valence-corrected chi connectivity index (χ2v) is 5.21. The first-order valence-electron chi connectivity index (χ1n) is 7.53. The van der Waals surface area contributed by atoms with E-state index in [9.17, 15) is 20.0 Å². The number of nitrogens with zero attached hydrogens (tertiary/aromatic N) is 1. The molecule has 1 aliphatic heterocycles. The smallest absolute Gasteiger partial charge is 0.262 e. The van der Waals surface area contributed by atoms with E-state index in [-0.39, 0.29) is 17.4 Å². The van der Waals surface area contributed by atoms with Gasteiger partial charge in [-0.1, -0.05) is 18.2 Å². The number of ether oxygens (including phenoxy) is 2. The quantitative estimate of drug-likeness (QED) is 0.557. The Labute approximate surface area is 139 Å². The summed E-state index contributed by atoms with van der Waals surface area (Å²) in [7, 11) is 0. The van der Waals surface area contributed by atoms with Gasteiger partial charge in [0.1, 0.15) is 24.0 Å². The van der Waals surface area contributed by atoms with Gasteiger partial charge < -0.3 is 24.7 Å². The van der Waals surface area contributed by atoms with E-state index in [1.54, 1.807) is 24.3 Å².